The summed E-state index contributed by atoms with van der Waals surface area (Å²) in [5.74, 6) is 1.87. The van der Waals surface area contributed by atoms with Crippen LogP contribution >= 0.6 is 0 Å². The van der Waals surface area contributed by atoms with Gasteiger partial charge < -0.3 is 14.6 Å². The number of aryl methyl sites for hydroxylation is 3. The molecule has 1 N–H and O–H groups in total. The smallest absolute Gasteiger partial charge is 0.243 e. The summed E-state index contributed by atoms with van der Waals surface area (Å²) in [6.07, 6.45) is 5.93. The van der Waals surface area contributed by atoms with Crippen molar-refractivity contribution in [2.45, 2.75) is 32.7 Å². The van der Waals surface area contributed by atoms with E-state index in [4.69, 9.17) is 9.72 Å². The number of hydrogen-bond donors (Lipinski definition) is 1. The zero-order chi connectivity index (χ0) is 23.6. The standard InChI is InChI=1S/C29H31N3O2/c1-23-14-17-25(18-15-23)34-22-8-21-32-27-12-6-5-11-26(27)31-28(32)13-7-20-30-29(33)19-16-24-9-3-2-4-10-24/h2-6,9-12,14-19H,7-8,13,20-22H2,1H3,(H,30,33)/b19-16+. The highest BCUT2D eigenvalue weighted by Gasteiger charge is 2.10. The van der Waals surface area contributed by atoms with E-state index >= 15 is 0 Å². The number of amides is 1. The summed E-state index contributed by atoms with van der Waals surface area (Å²) < 4.78 is 8.19. The van der Waals surface area contributed by atoms with E-state index in [9.17, 15) is 4.79 Å². The molecule has 0 aliphatic carbocycles. The average molecular weight is 454 g/mol. The van der Waals surface area contributed by atoms with Gasteiger partial charge in [-0.1, -0.05) is 60.2 Å². The third-order valence-corrected chi connectivity index (χ3v) is 5.65. The van der Waals surface area contributed by atoms with Crippen molar-refractivity contribution in [2.75, 3.05) is 13.2 Å². The summed E-state index contributed by atoms with van der Waals surface area (Å²) in [6, 6.07) is 26.2. The highest BCUT2D eigenvalue weighted by molar-refractivity contribution is 5.91. The number of nitrogens with one attached hydrogen (secondary N) is 1. The molecule has 34 heavy (non-hydrogen) atoms. The number of aromatic nitrogens is 2. The fraction of sp³-hybridized carbons (Fsp3) is 0.241. The van der Waals surface area contributed by atoms with Gasteiger partial charge in [-0.2, -0.15) is 0 Å². The summed E-state index contributed by atoms with van der Waals surface area (Å²) in [5.41, 5.74) is 4.39. The van der Waals surface area contributed by atoms with Gasteiger partial charge in [-0.15, -0.1) is 0 Å². The SMILES string of the molecule is Cc1ccc(OCCCn2c(CCCNC(=O)/C=C/c3ccccc3)nc3ccccc32)cc1. The molecule has 0 radical (unpaired) electrons. The van der Waals surface area contributed by atoms with Gasteiger partial charge in [-0.05, 0) is 55.7 Å². The van der Waals surface area contributed by atoms with Crippen LogP contribution in [0.1, 0.15) is 29.8 Å². The first-order valence-corrected chi connectivity index (χ1v) is 11.8. The van der Waals surface area contributed by atoms with Crippen LogP contribution < -0.4 is 10.1 Å². The van der Waals surface area contributed by atoms with Crippen molar-refractivity contribution < 1.29 is 9.53 Å². The van der Waals surface area contributed by atoms with Crippen LogP contribution in [-0.4, -0.2) is 28.6 Å². The van der Waals surface area contributed by atoms with E-state index in [-0.39, 0.29) is 5.91 Å². The summed E-state index contributed by atoms with van der Waals surface area (Å²) in [4.78, 5) is 17.0. The second-order valence-corrected chi connectivity index (χ2v) is 8.32. The maximum absolute atomic E-state index is 12.1. The lowest BCUT2D eigenvalue weighted by Crippen LogP contribution is -2.22. The van der Waals surface area contributed by atoms with Crippen molar-refractivity contribution in [3.05, 3.63) is 102 Å². The van der Waals surface area contributed by atoms with Crippen molar-refractivity contribution in [3.8, 4) is 5.75 Å². The van der Waals surface area contributed by atoms with Crippen molar-refractivity contribution in [3.63, 3.8) is 0 Å². The van der Waals surface area contributed by atoms with Crippen molar-refractivity contribution in [2.24, 2.45) is 0 Å². The lowest BCUT2D eigenvalue weighted by atomic mass is 10.2. The van der Waals surface area contributed by atoms with Gasteiger partial charge in [0.1, 0.15) is 11.6 Å². The Morgan fingerprint density at radius 3 is 2.56 bits per heavy atom. The summed E-state index contributed by atoms with van der Waals surface area (Å²) in [7, 11) is 0. The third kappa shape index (κ3) is 6.58. The molecular weight excluding hydrogens is 422 g/mol. The van der Waals surface area contributed by atoms with E-state index in [1.165, 1.54) is 5.56 Å². The van der Waals surface area contributed by atoms with Crippen LogP contribution in [0.25, 0.3) is 17.1 Å². The molecule has 5 nitrogen and oxygen atoms in total. The van der Waals surface area contributed by atoms with E-state index < -0.39 is 0 Å². The molecule has 0 unspecified atom stereocenters. The first-order valence-electron chi connectivity index (χ1n) is 11.8. The van der Waals surface area contributed by atoms with Crippen LogP contribution in [0.15, 0.2) is 84.9 Å². The number of para-hydroxylation sites is 2. The van der Waals surface area contributed by atoms with Gasteiger partial charge in [0.15, 0.2) is 0 Å². The van der Waals surface area contributed by atoms with Gasteiger partial charge in [0.25, 0.3) is 0 Å². The van der Waals surface area contributed by atoms with Gasteiger partial charge in [0.2, 0.25) is 5.91 Å². The van der Waals surface area contributed by atoms with Gasteiger partial charge >= 0.3 is 0 Å². The largest absolute Gasteiger partial charge is 0.494 e. The maximum atomic E-state index is 12.1. The first kappa shape index (κ1) is 23.3. The molecule has 1 heterocycles. The Kier molecular flexibility index (Phi) is 8.12. The molecule has 4 rings (SSSR count). The molecular formula is C29H31N3O2. The highest BCUT2D eigenvalue weighted by atomic mass is 16.5. The predicted octanol–water partition coefficient (Wildman–Crippen LogP) is 5.58. The Bertz CT molecular complexity index is 1230. The molecule has 0 saturated carbocycles. The topological polar surface area (TPSA) is 56.1 Å². The number of carbonyl (C=O) groups excluding carboxylic acids is 1. The quantitative estimate of drug-likeness (QED) is 0.238. The Balaban J connectivity index is 1.28. The second kappa shape index (κ2) is 11.8. The first-order chi connectivity index (χ1) is 16.7. The highest BCUT2D eigenvalue weighted by Crippen LogP contribution is 2.18. The maximum Gasteiger partial charge on any atom is 0.243 e. The molecule has 3 aromatic carbocycles. The number of benzene rings is 3. The Hall–Kier alpha value is -3.86. The van der Waals surface area contributed by atoms with Gasteiger partial charge in [0.05, 0.1) is 17.6 Å². The Morgan fingerprint density at radius 1 is 0.971 bits per heavy atom. The Morgan fingerprint density at radius 2 is 1.74 bits per heavy atom. The molecule has 0 atom stereocenters. The lowest BCUT2D eigenvalue weighted by molar-refractivity contribution is -0.116. The van der Waals surface area contributed by atoms with Gasteiger partial charge in [-0.25, -0.2) is 4.98 Å². The normalized spacial score (nSPS) is 11.2. The number of hydrogen-bond acceptors (Lipinski definition) is 3. The van der Waals surface area contributed by atoms with Crippen LogP contribution in [-0.2, 0) is 17.8 Å². The zero-order valence-corrected chi connectivity index (χ0v) is 19.6. The van der Waals surface area contributed by atoms with E-state index in [1.54, 1.807) is 6.08 Å². The molecule has 5 heteroatoms. The number of imidazole rings is 1. The Labute approximate surface area is 201 Å². The molecule has 1 aromatic heterocycles. The molecule has 174 valence electrons. The number of nitrogens with zero attached hydrogens (tertiary/aromatic N) is 2. The average Bonchev–Trinajstić information content (AvgIpc) is 3.22. The van der Waals surface area contributed by atoms with E-state index in [1.807, 2.05) is 66.7 Å². The summed E-state index contributed by atoms with van der Waals surface area (Å²) >= 11 is 0. The molecule has 1 amide bonds. The van der Waals surface area contributed by atoms with Gasteiger partial charge in [0, 0.05) is 25.6 Å². The van der Waals surface area contributed by atoms with Crippen molar-refractivity contribution >= 4 is 23.0 Å². The molecule has 0 saturated heterocycles. The van der Waals surface area contributed by atoms with Crippen LogP contribution in [0.2, 0.25) is 0 Å². The number of rotatable bonds is 11. The summed E-state index contributed by atoms with van der Waals surface area (Å²) in [5, 5.41) is 2.97. The monoisotopic (exact) mass is 453 g/mol. The summed E-state index contributed by atoms with van der Waals surface area (Å²) in [6.45, 7) is 4.17. The molecule has 0 spiro atoms. The molecule has 0 aliphatic heterocycles. The van der Waals surface area contributed by atoms with Crippen LogP contribution in [0.3, 0.4) is 0 Å². The van der Waals surface area contributed by atoms with Crippen LogP contribution in [0, 0.1) is 6.92 Å². The minimum absolute atomic E-state index is 0.0781. The van der Waals surface area contributed by atoms with Crippen molar-refractivity contribution in [1.82, 2.24) is 14.9 Å². The lowest BCUT2D eigenvalue weighted by Gasteiger charge is -2.11. The van der Waals surface area contributed by atoms with Crippen LogP contribution in [0.4, 0.5) is 0 Å². The fourth-order valence-corrected chi connectivity index (χ4v) is 3.87. The number of fused-ring (bicyclic) bond motifs is 1. The van der Waals surface area contributed by atoms with E-state index in [0.29, 0.717) is 13.2 Å². The molecule has 4 aromatic rings. The number of carbonyl (C=O) groups is 1. The number of ether oxygens (including phenoxy) is 1. The third-order valence-electron chi connectivity index (χ3n) is 5.65. The second-order valence-electron chi connectivity index (χ2n) is 8.32. The van der Waals surface area contributed by atoms with Crippen molar-refractivity contribution in [1.29, 1.82) is 0 Å². The van der Waals surface area contributed by atoms with Crippen LogP contribution in [0.5, 0.6) is 5.75 Å². The molecule has 0 bridgehead atoms. The van der Waals surface area contributed by atoms with E-state index in [2.05, 4.69) is 35.0 Å². The van der Waals surface area contributed by atoms with E-state index in [0.717, 1.165) is 54.0 Å². The van der Waals surface area contributed by atoms with Gasteiger partial charge in [-0.3, -0.25) is 4.79 Å². The predicted molar refractivity (Wildman–Crippen MR) is 138 cm³/mol. The minimum Gasteiger partial charge on any atom is -0.494 e. The molecule has 0 fully saturated rings. The fourth-order valence-electron chi connectivity index (χ4n) is 3.87. The minimum atomic E-state index is -0.0781. The molecule has 0 aliphatic rings. The zero-order valence-electron chi connectivity index (χ0n) is 19.6.